The van der Waals surface area contributed by atoms with Crippen molar-refractivity contribution in [3.63, 3.8) is 0 Å². The van der Waals surface area contributed by atoms with Crippen molar-refractivity contribution in [1.29, 1.82) is 0 Å². The summed E-state index contributed by atoms with van der Waals surface area (Å²) in [6.45, 7) is 3.10. The summed E-state index contributed by atoms with van der Waals surface area (Å²) in [7, 11) is 1.61. The van der Waals surface area contributed by atoms with Gasteiger partial charge >= 0.3 is 0 Å². The molecule has 1 amide bonds. The molecule has 0 fully saturated rings. The molecule has 1 heterocycles. The number of aromatic nitrogens is 1. The number of anilines is 2. The summed E-state index contributed by atoms with van der Waals surface area (Å²) in [5.74, 6) is 0.521. The molecule has 0 saturated heterocycles. The number of unbranched alkanes of at least 4 members (excludes halogenated alkanes) is 2. The lowest BCUT2D eigenvalue weighted by atomic mass is 10.2. The zero-order valence-electron chi connectivity index (χ0n) is 13.6. The van der Waals surface area contributed by atoms with Crippen molar-refractivity contribution in [2.24, 2.45) is 0 Å². The van der Waals surface area contributed by atoms with Gasteiger partial charge in [0.25, 0.3) is 5.91 Å². The van der Waals surface area contributed by atoms with E-state index in [1.54, 1.807) is 43.6 Å². The van der Waals surface area contributed by atoms with E-state index in [4.69, 9.17) is 4.74 Å². The predicted octanol–water partition coefficient (Wildman–Crippen LogP) is 3.94. The molecule has 0 atom stereocenters. The first-order valence-electron chi connectivity index (χ1n) is 7.88. The molecule has 5 heteroatoms. The van der Waals surface area contributed by atoms with E-state index in [2.05, 4.69) is 22.5 Å². The van der Waals surface area contributed by atoms with Gasteiger partial charge in [-0.05, 0) is 42.8 Å². The first kappa shape index (κ1) is 16.8. The number of methoxy groups -OCH3 is 1. The fourth-order valence-corrected chi connectivity index (χ4v) is 2.11. The van der Waals surface area contributed by atoms with Gasteiger partial charge in [-0.15, -0.1) is 0 Å². The smallest absolute Gasteiger partial charge is 0.274 e. The van der Waals surface area contributed by atoms with E-state index in [9.17, 15) is 4.79 Å². The summed E-state index contributed by atoms with van der Waals surface area (Å²) in [6, 6.07) is 10.8. The third-order valence-corrected chi connectivity index (χ3v) is 3.45. The van der Waals surface area contributed by atoms with Crippen LogP contribution in [-0.4, -0.2) is 24.5 Å². The molecular weight excluding hydrogens is 290 g/mol. The second-order valence-corrected chi connectivity index (χ2v) is 5.25. The number of hydrogen-bond acceptors (Lipinski definition) is 4. The third-order valence-electron chi connectivity index (χ3n) is 3.45. The largest absolute Gasteiger partial charge is 0.497 e. The SMILES string of the molecule is CCCCCNc1ccc(C(=O)Nc2ccc(OC)cc2)nc1. The fourth-order valence-electron chi connectivity index (χ4n) is 2.11. The third kappa shape index (κ3) is 5.29. The van der Waals surface area contributed by atoms with Crippen LogP contribution >= 0.6 is 0 Å². The number of carbonyl (C=O) groups is 1. The summed E-state index contributed by atoms with van der Waals surface area (Å²) in [6.07, 6.45) is 5.23. The predicted molar refractivity (Wildman–Crippen MR) is 93.2 cm³/mol. The summed E-state index contributed by atoms with van der Waals surface area (Å²) in [5.41, 5.74) is 2.03. The summed E-state index contributed by atoms with van der Waals surface area (Å²) in [5, 5.41) is 6.11. The molecule has 0 spiro atoms. The quantitative estimate of drug-likeness (QED) is 0.724. The minimum Gasteiger partial charge on any atom is -0.497 e. The molecule has 2 rings (SSSR count). The molecule has 2 aromatic rings. The molecule has 2 N–H and O–H groups in total. The zero-order chi connectivity index (χ0) is 16.5. The molecule has 23 heavy (non-hydrogen) atoms. The van der Waals surface area contributed by atoms with Crippen LogP contribution in [0.25, 0.3) is 0 Å². The van der Waals surface area contributed by atoms with Gasteiger partial charge in [0.2, 0.25) is 0 Å². The van der Waals surface area contributed by atoms with E-state index in [0.717, 1.165) is 24.4 Å². The first-order chi connectivity index (χ1) is 11.2. The van der Waals surface area contributed by atoms with E-state index in [1.165, 1.54) is 12.8 Å². The number of nitrogens with zero attached hydrogens (tertiary/aromatic N) is 1. The Morgan fingerprint density at radius 3 is 2.43 bits per heavy atom. The molecule has 1 aromatic carbocycles. The molecular formula is C18H23N3O2. The summed E-state index contributed by atoms with van der Waals surface area (Å²) in [4.78, 5) is 16.4. The Bertz CT molecular complexity index is 609. The Morgan fingerprint density at radius 2 is 1.83 bits per heavy atom. The fraction of sp³-hybridized carbons (Fsp3) is 0.333. The van der Waals surface area contributed by atoms with Crippen molar-refractivity contribution >= 4 is 17.3 Å². The highest BCUT2D eigenvalue weighted by Gasteiger charge is 2.07. The van der Waals surface area contributed by atoms with Crippen molar-refractivity contribution in [2.45, 2.75) is 26.2 Å². The Morgan fingerprint density at radius 1 is 1.09 bits per heavy atom. The number of nitrogens with one attached hydrogen (secondary N) is 2. The van der Waals surface area contributed by atoms with Gasteiger partial charge in [-0.2, -0.15) is 0 Å². The van der Waals surface area contributed by atoms with Gasteiger partial charge in [0.05, 0.1) is 19.0 Å². The van der Waals surface area contributed by atoms with Crippen LogP contribution in [0.3, 0.4) is 0 Å². The van der Waals surface area contributed by atoms with Gasteiger partial charge in [-0.3, -0.25) is 4.79 Å². The Balaban J connectivity index is 1.88. The van der Waals surface area contributed by atoms with Crippen LogP contribution in [0.5, 0.6) is 5.75 Å². The van der Waals surface area contributed by atoms with Gasteiger partial charge in [0.15, 0.2) is 0 Å². The number of pyridine rings is 1. The van der Waals surface area contributed by atoms with Crippen molar-refractivity contribution in [3.8, 4) is 5.75 Å². The van der Waals surface area contributed by atoms with Gasteiger partial charge in [0, 0.05) is 12.2 Å². The zero-order valence-corrected chi connectivity index (χ0v) is 13.6. The van der Waals surface area contributed by atoms with Crippen molar-refractivity contribution in [1.82, 2.24) is 4.98 Å². The lowest BCUT2D eigenvalue weighted by Gasteiger charge is -2.08. The minimum absolute atomic E-state index is 0.229. The Hall–Kier alpha value is -2.56. The van der Waals surface area contributed by atoms with Gasteiger partial charge in [-0.1, -0.05) is 19.8 Å². The second kappa shape index (κ2) is 8.78. The highest BCUT2D eigenvalue weighted by atomic mass is 16.5. The van der Waals surface area contributed by atoms with Crippen LogP contribution in [0.2, 0.25) is 0 Å². The van der Waals surface area contributed by atoms with Crippen molar-refractivity contribution in [2.75, 3.05) is 24.3 Å². The minimum atomic E-state index is -0.229. The maximum Gasteiger partial charge on any atom is 0.274 e. The Kier molecular flexibility index (Phi) is 6.41. The highest BCUT2D eigenvalue weighted by Crippen LogP contribution is 2.16. The number of amides is 1. The first-order valence-corrected chi connectivity index (χ1v) is 7.88. The van der Waals surface area contributed by atoms with E-state index in [1.807, 2.05) is 6.07 Å². The topological polar surface area (TPSA) is 63.2 Å². The average molecular weight is 313 g/mol. The van der Waals surface area contributed by atoms with Crippen LogP contribution in [0.4, 0.5) is 11.4 Å². The van der Waals surface area contributed by atoms with Gasteiger partial charge < -0.3 is 15.4 Å². The molecule has 0 aliphatic carbocycles. The van der Waals surface area contributed by atoms with Gasteiger partial charge in [0.1, 0.15) is 11.4 Å². The van der Waals surface area contributed by atoms with Crippen LogP contribution in [0.15, 0.2) is 42.6 Å². The van der Waals surface area contributed by atoms with E-state index in [0.29, 0.717) is 11.4 Å². The lowest BCUT2D eigenvalue weighted by Crippen LogP contribution is -2.13. The molecule has 122 valence electrons. The number of carbonyl (C=O) groups excluding carboxylic acids is 1. The van der Waals surface area contributed by atoms with Crippen molar-refractivity contribution < 1.29 is 9.53 Å². The molecule has 0 radical (unpaired) electrons. The molecule has 5 nitrogen and oxygen atoms in total. The number of ether oxygens (including phenoxy) is 1. The monoisotopic (exact) mass is 313 g/mol. The van der Waals surface area contributed by atoms with Crippen LogP contribution < -0.4 is 15.4 Å². The highest BCUT2D eigenvalue weighted by molar-refractivity contribution is 6.02. The van der Waals surface area contributed by atoms with Gasteiger partial charge in [-0.25, -0.2) is 4.98 Å². The Labute approximate surface area is 137 Å². The standard InChI is InChI=1S/C18H23N3O2/c1-3-4-5-12-19-15-8-11-17(20-13-15)18(22)21-14-6-9-16(23-2)10-7-14/h6-11,13,19H,3-5,12H2,1-2H3,(H,21,22). The number of benzene rings is 1. The average Bonchev–Trinajstić information content (AvgIpc) is 2.60. The molecule has 0 bridgehead atoms. The second-order valence-electron chi connectivity index (χ2n) is 5.25. The molecule has 0 unspecified atom stereocenters. The lowest BCUT2D eigenvalue weighted by molar-refractivity contribution is 0.102. The molecule has 0 saturated carbocycles. The molecule has 1 aromatic heterocycles. The van der Waals surface area contributed by atoms with Crippen molar-refractivity contribution in [3.05, 3.63) is 48.3 Å². The van der Waals surface area contributed by atoms with Crippen LogP contribution in [-0.2, 0) is 0 Å². The van der Waals surface area contributed by atoms with Crippen LogP contribution in [0, 0.1) is 0 Å². The van der Waals surface area contributed by atoms with Crippen LogP contribution in [0.1, 0.15) is 36.7 Å². The number of hydrogen-bond donors (Lipinski definition) is 2. The normalized spacial score (nSPS) is 10.2. The number of rotatable bonds is 8. The summed E-state index contributed by atoms with van der Waals surface area (Å²) < 4.78 is 5.09. The maximum atomic E-state index is 12.2. The van der Waals surface area contributed by atoms with E-state index >= 15 is 0 Å². The maximum absolute atomic E-state index is 12.2. The molecule has 0 aliphatic rings. The molecule has 0 aliphatic heterocycles. The summed E-state index contributed by atoms with van der Waals surface area (Å²) >= 11 is 0. The van der Waals surface area contributed by atoms with E-state index < -0.39 is 0 Å². The van der Waals surface area contributed by atoms with E-state index in [-0.39, 0.29) is 5.91 Å².